The third kappa shape index (κ3) is 4.85. The van der Waals surface area contributed by atoms with E-state index in [9.17, 15) is 9.18 Å². The predicted octanol–water partition coefficient (Wildman–Crippen LogP) is 5.03. The topological polar surface area (TPSA) is 41.4 Å². The number of rotatable bonds is 8. The van der Waals surface area contributed by atoms with Gasteiger partial charge in [-0.1, -0.05) is 26.0 Å². The Balaban J connectivity index is 1.57. The molecule has 0 spiro atoms. The molecule has 0 aliphatic carbocycles. The van der Waals surface area contributed by atoms with E-state index in [0.29, 0.717) is 12.5 Å². The van der Waals surface area contributed by atoms with Crippen molar-refractivity contribution < 1.29 is 9.18 Å². The van der Waals surface area contributed by atoms with Crippen LogP contribution in [0.5, 0.6) is 0 Å². The molecule has 170 valence electrons. The Morgan fingerprint density at radius 3 is 2.53 bits per heavy atom. The maximum absolute atomic E-state index is 13.5. The van der Waals surface area contributed by atoms with Gasteiger partial charge in [-0.3, -0.25) is 14.3 Å². The average molecular weight is 437 g/mol. The van der Waals surface area contributed by atoms with Crippen LogP contribution in [0.4, 0.5) is 4.39 Å². The number of benzene rings is 2. The number of hydrogen-bond donors (Lipinski definition) is 0. The van der Waals surface area contributed by atoms with Crippen molar-refractivity contribution in [3.05, 3.63) is 60.2 Å². The molecule has 1 atom stereocenters. The van der Waals surface area contributed by atoms with Crippen molar-refractivity contribution in [3.63, 3.8) is 0 Å². The number of amides is 1. The summed E-state index contributed by atoms with van der Waals surface area (Å²) in [6.07, 6.45) is 3.95. The highest BCUT2D eigenvalue weighted by Gasteiger charge is 2.29. The van der Waals surface area contributed by atoms with Gasteiger partial charge in [-0.2, -0.15) is 0 Å². The molecule has 2 aromatic carbocycles. The first-order chi connectivity index (χ1) is 15.6. The number of carbonyl (C=O) groups is 1. The Labute approximate surface area is 189 Å². The van der Waals surface area contributed by atoms with Crippen LogP contribution in [0.25, 0.3) is 16.7 Å². The van der Waals surface area contributed by atoms with E-state index in [0.717, 1.165) is 74.4 Å². The minimum atomic E-state index is -0.249. The number of imidazole rings is 1. The summed E-state index contributed by atoms with van der Waals surface area (Å²) in [5.74, 6) is 1.02. The van der Waals surface area contributed by atoms with Crippen molar-refractivity contribution >= 4 is 16.9 Å². The number of piperidine rings is 1. The first-order valence-corrected chi connectivity index (χ1v) is 11.8. The Morgan fingerprint density at radius 1 is 1.09 bits per heavy atom. The highest BCUT2D eigenvalue weighted by molar-refractivity contribution is 5.79. The summed E-state index contributed by atoms with van der Waals surface area (Å²) in [6, 6.07) is 14.6. The molecule has 0 saturated carbocycles. The molecule has 5 nitrogen and oxygen atoms in total. The summed E-state index contributed by atoms with van der Waals surface area (Å²) in [6.45, 7) is 8.31. The number of hydrogen-bond acceptors (Lipinski definition) is 3. The second-order valence-corrected chi connectivity index (χ2v) is 8.73. The van der Waals surface area contributed by atoms with Crippen LogP contribution in [-0.2, 0) is 11.3 Å². The van der Waals surface area contributed by atoms with Gasteiger partial charge >= 0.3 is 0 Å². The zero-order valence-electron chi connectivity index (χ0n) is 19.1. The summed E-state index contributed by atoms with van der Waals surface area (Å²) >= 11 is 0. The summed E-state index contributed by atoms with van der Waals surface area (Å²) in [5.41, 5.74) is 2.83. The van der Waals surface area contributed by atoms with E-state index in [1.54, 1.807) is 12.1 Å². The molecule has 32 heavy (non-hydrogen) atoms. The van der Waals surface area contributed by atoms with Crippen LogP contribution in [0.3, 0.4) is 0 Å². The summed E-state index contributed by atoms with van der Waals surface area (Å²) in [7, 11) is 0. The second-order valence-electron chi connectivity index (χ2n) is 8.73. The Morgan fingerprint density at radius 2 is 1.81 bits per heavy atom. The fraction of sp³-hybridized carbons (Fsp3) is 0.462. The Bertz CT molecular complexity index is 1040. The lowest BCUT2D eigenvalue weighted by molar-refractivity contribution is -0.137. The fourth-order valence-electron chi connectivity index (χ4n) is 4.79. The van der Waals surface area contributed by atoms with E-state index >= 15 is 0 Å². The van der Waals surface area contributed by atoms with Crippen molar-refractivity contribution in [2.75, 3.05) is 26.2 Å². The Kier molecular flexibility index (Phi) is 7.20. The standard InChI is InChI=1S/C26H33FN4O/c1-3-15-30(16-4-2)26(32)20-8-7-17-29(18-20)19-25-28-23-9-5-6-10-24(23)31(25)22-13-11-21(27)12-14-22/h5-6,9-14,20H,3-4,7-8,15-19H2,1-2H3/t20-/m1/s1. The van der Waals surface area contributed by atoms with Crippen LogP contribution in [0, 0.1) is 11.7 Å². The SMILES string of the molecule is CCCN(CCC)C(=O)[C@@H]1CCCN(Cc2nc3ccccc3n2-c2ccc(F)cc2)C1. The van der Waals surface area contributed by atoms with Crippen molar-refractivity contribution in [1.29, 1.82) is 0 Å². The maximum Gasteiger partial charge on any atom is 0.226 e. The molecule has 4 rings (SSSR count). The predicted molar refractivity (Wildman–Crippen MR) is 126 cm³/mol. The van der Waals surface area contributed by atoms with Crippen LogP contribution < -0.4 is 0 Å². The molecule has 3 aromatic rings. The molecule has 0 unspecified atom stereocenters. The van der Waals surface area contributed by atoms with Gasteiger partial charge in [-0.05, 0) is 68.6 Å². The molecule has 1 fully saturated rings. The van der Waals surface area contributed by atoms with Gasteiger partial charge in [-0.15, -0.1) is 0 Å². The average Bonchev–Trinajstić information content (AvgIpc) is 3.17. The normalized spacial score (nSPS) is 17.0. The minimum Gasteiger partial charge on any atom is -0.342 e. The van der Waals surface area contributed by atoms with Crippen molar-refractivity contribution in [1.82, 2.24) is 19.4 Å². The van der Waals surface area contributed by atoms with Gasteiger partial charge in [0.05, 0.1) is 23.5 Å². The van der Waals surface area contributed by atoms with Gasteiger partial charge in [-0.25, -0.2) is 9.37 Å². The van der Waals surface area contributed by atoms with Gasteiger partial charge in [0, 0.05) is 25.3 Å². The highest BCUT2D eigenvalue weighted by atomic mass is 19.1. The minimum absolute atomic E-state index is 0.0468. The van der Waals surface area contributed by atoms with Gasteiger partial charge in [0.15, 0.2) is 0 Å². The number of halogens is 1. The molecule has 0 radical (unpaired) electrons. The third-order valence-electron chi connectivity index (χ3n) is 6.23. The summed E-state index contributed by atoms with van der Waals surface area (Å²) in [4.78, 5) is 22.5. The molecule has 1 aromatic heterocycles. The van der Waals surface area contributed by atoms with Gasteiger partial charge in [0.2, 0.25) is 5.91 Å². The lowest BCUT2D eigenvalue weighted by Gasteiger charge is -2.34. The summed E-state index contributed by atoms with van der Waals surface area (Å²) < 4.78 is 15.7. The smallest absolute Gasteiger partial charge is 0.226 e. The molecule has 1 aliphatic heterocycles. The number of nitrogens with zero attached hydrogens (tertiary/aromatic N) is 4. The van der Waals surface area contributed by atoms with E-state index in [1.807, 2.05) is 29.2 Å². The lowest BCUT2D eigenvalue weighted by atomic mass is 9.96. The van der Waals surface area contributed by atoms with E-state index in [1.165, 1.54) is 12.1 Å². The monoisotopic (exact) mass is 436 g/mol. The van der Waals surface area contributed by atoms with E-state index in [4.69, 9.17) is 4.98 Å². The van der Waals surface area contributed by atoms with Gasteiger partial charge in [0.1, 0.15) is 11.6 Å². The van der Waals surface area contributed by atoms with E-state index in [-0.39, 0.29) is 11.7 Å². The molecule has 1 amide bonds. The Hall–Kier alpha value is -2.73. The van der Waals surface area contributed by atoms with Crippen LogP contribution in [0.2, 0.25) is 0 Å². The van der Waals surface area contributed by atoms with E-state index in [2.05, 4.69) is 23.3 Å². The van der Waals surface area contributed by atoms with Gasteiger partial charge < -0.3 is 4.90 Å². The van der Waals surface area contributed by atoms with Crippen molar-refractivity contribution in [2.24, 2.45) is 5.92 Å². The maximum atomic E-state index is 13.5. The molecule has 0 N–H and O–H groups in total. The largest absolute Gasteiger partial charge is 0.342 e. The molecule has 0 bridgehead atoms. The molecule has 2 heterocycles. The zero-order chi connectivity index (χ0) is 22.5. The third-order valence-corrected chi connectivity index (χ3v) is 6.23. The molecule has 1 saturated heterocycles. The number of likely N-dealkylation sites (tertiary alicyclic amines) is 1. The molecular weight excluding hydrogens is 403 g/mol. The highest BCUT2D eigenvalue weighted by Crippen LogP contribution is 2.25. The fourth-order valence-corrected chi connectivity index (χ4v) is 4.79. The van der Waals surface area contributed by atoms with Crippen LogP contribution in [0.15, 0.2) is 48.5 Å². The first-order valence-electron chi connectivity index (χ1n) is 11.8. The van der Waals surface area contributed by atoms with Crippen LogP contribution >= 0.6 is 0 Å². The molecular formula is C26H33FN4O. The molecule has 1 aliphatic rings. The zero-order valence-corrected chi connectivity index (χ0v) is 19.1. The number of para-hydroxylation sites is 2. The van der Waals surface area contributed by atoms with Crippen LogP contribution in [0.1, 0.15) is 45.4 Å². The van der Waals surface area contributed by atoms with Crippen molar-refractivity contribution in [2.45, 2.75) is 46.1 Å². The first kappa shape index (κ1) is 22.5. The number of fused-ring (bicyclic) bond motifs is 1. The van der Waals surface area contributed by atoms with Gasteiger partial charge in [0.25, 0.3) is 0 Å². The molecule has 6 heteroatoms. The lowest BCUT2D eigenvalue weighted by Crippen LogP contribution is -2.45. The van der Waals surface area contributed by atoms with E-state index < -0.39 is 0 Å². The van der Waals surface area contributed by atoms with Crippen molar-refractivity contribution in [3.8, 4) is 5.69 Å². The number of carbonyl (C=O) groups excluding carboxylic acids is 1. The number of aromatic nitrogens is 2. The second kappa shape index (κ2) is 10.3. The summed E-state index contributed by atoms with van der Waals surface area (Å²) in [5, 5.41) is 0. The quantitative estimate of drug-likeness (QED) is 0.498. The van der Waals surface area contributed by atoms with Crippen LogP contribution in [-0.4, -0.2) is 51.4 Å².